The number of para-hydroxylation sites is 1. The van der Waals surface area contributed by atoms with Gasteiger partial charge in [0.2, 0.25) is 5.91 Å². The van der Waals surface area contributed by atoms with Crippen LogP contribution in [-0.2, 0) is 22.7 Å². The van der Waals surface area contributed by atoms with E-state index in [0.717, 1.165) is 6.42 Å². The highest BCUT2D eigenvalue weighted by Gasteiger charge is 2.18. The van der Waals surface area contributed by atoms with Crippen LogP contribution < -0.4 is 14.8 Å². The van der Waals surface area contributed by atoms with Gasteiger partial charge >= 0.3 is 5.97 Å². The molecule has 31 heavy (non-hydrogen) atoms. The molecule has 2 heterocycles. The van der Waals surface area contributed by atoms with Crippen molar-refractivity contribution in [3.63, 3.8) is 0 Å². The first-order chi connectivity index (χ1) is 15.1. The summed E-state index contributed by atoms with van der Waals surface area (Å²) in [6.45, 7) is 0.926. The van der Waals surface area contributed by atoms with Gasteiger partial charge in [0, 0.05) is 6.42 Å². The highest BCUT2D eigenvalue weighted by molar-refractivity contribution is 6.32. The lowest BCUT2D eigenvalue weighted by Crippen LogP contribution is -2.21. The Labute approximate surface area is 182 Å². The van der Waals surface area contributed by atoms with Gasteiger partial charge in [-0.15, -0.1) is 5.10 Å². The molecule has 1 aliphatic rings. The smallest absolute Gasteiger partial charge is 0.340 e. The topological polar surface area (TPSA) is 117 Å². The van der Waals surface area contributed by atoms with Gasteiger partial charge in [0.25, 0.3) is 0 Å². The number of fused-ring (bicyclic) bond motifs is 1. The number of carbonyl (C=O) groups excluding carboxylic acids is 2. The quantitative estimate of drug-likeness (QED) is 0.577. The Morgan fingerprint density at radius 1 is 1.19 bits per heavy atom. The number of nitrogens with zero attached hydrogens (tertiary/aromatic N) is 4. The average molecular weight is 444 g/mol. The molecule has 1 N–H and O–H groups in total. The van der Waals surface area contributed by atoms with E-state index in [4.69, 9.17) is 25.8 Å². The van der Waals surface area contributed by atoms with Crippen molar-refractivity contribution in [1.29, 1.82) is 0 Å². The summed E-state index contributed by atoms with van der Waals surface area (Å²) in [5, 5.41) is 13.6. The molecule has 2 aromatic carbocycles. The van der Waals surface area contributed by atoms with Crippen LogP contribution in [0, 0.1) is 0 Å². The molecular weight excluding hydrogens is 426 g/mol. The number of amides is 1. The third-order valence-electron chi connectivity index (χ3n) is 4.35. The standard InChI is InChI=1S/C20H18ClN5O5/c21-15-8-13(9-17-19(15)30-7-3-6-29-17)11-31-20(28)14-4-1-2-5-16(14)23-18(27)10-26-12-22-24-25-26/h1-2,4-5,8-9,12H,3,6-7,10-11H2,(H,23,27). The van der Waals surface area contributed by atoms with E-state index in [0.29, 0.717) is 41.0 Å². The van der Waals surface area contributed by atoms with Crippen molar-refractivity contribution in [2.75, 3.05) is 18.5 Å². The summed E-state index contributed by atoms with van der Waals surface area (Å²) in [5.41, 5.74) is 1.19. The number of halogens is 1. The second kappa shape index (κ2) is 9.43. The molecular formula is C20H18ClN5O5. The van der Waals surface area contributed by atoms with Crippen molar-refractivity contribution < 1.29 is 23.8 Å². The van der Waals surface area contributed by atoms with Crippen LogP contribution in [-0.4, -0.2) is 45.3 Å². The number of hydrogen-bond acceptors (Lipinski definition) is 8. The lowest BCUT2D eigenvalue weighted by atomic mass is 10.1. The highest BCUT2D eigenvalue weighted by Crippen LogP contribution is 2.38. The molecule has 0 saturated heterocycles. The summed E-state index contributed by atoms with van der Waals surface area (Å²) in [5.74, 6) is 0.0278. The van der Waals surface area contributed by atoms with Gasteiger partial charge in [-0.2, -0.15) is 0 Å². The van der Waals surface area contributed by atoms with E-state index in [1.54, 1.807) is 36.4 Å². The maximum atomic E-state index is 12.7. The number of carbonyl (C=O) groups is 2. The molecule has 0 radical (unpaired) electrons. The summed E-state index contributed by atoms with van der Waals surface area (Å²) in [6.07, 6.45) is 2.07. The summed E-state index contributed by atoms with van der Waals surface area (Å²) in [4.78, 5) is 24.9. The number of benzene rings is 2. The van der Waals surface area contributed by atoms with Crippen LogP contribution >= 0.6 is 11.6 Å². The van der Waals surface area contributed by atoms with Crippen LogP contribution in [0.3, 0.4) is 0 Å². The van der Waals surface area contributed by atoms with E-state index in [9.17, 15) is 9.59 Å². The second-order valence-electron chi connectivity index (χ2n) is 6.63. The fourth-order valence-electron chi connectivity index (χ4n) is 2.95. The fourth-order valence-corrected chi connectivity index (χ4v) is 3.24. The normalized spacial score (nSPS) is 12.7. The SMILES string of the molecule is O=C(Cn1cnnn1)Nc1ccccc1C(=O)OCc1cc(Cl)c2c(c1)OCCCO2. The molecule has 0 atom stereocenters. The van der Waals surface area contributed by atoms with Crippen LogP contribution in [0.25, 0.3) is 0 Å². The molecule has 0 aliphatic carbocycles. The van der Waals surface area contributed by atoms with E-state index >= 15 is 0 Å². The Bertz CT molecular complexity index is 1090. The molecule has 10 nitrogen and oxygen atoms in total. The van der Waals surface area contributed by atoms with E-state index in [1.165, 1.54) is 11.0 Å². The average Bonchev–Trinajstić information content (AvgIpc) is 3.14. The second-order valence-corrected chi connectivity index (χ2v) is 7.04. The first-order valence-corrected chi connectivity index (χ1v) is 9.83. The van der Waals surface area contributed by atoms with Crippen molar-refractivity contribution >= 4 is 29.2 Å². The molecule has 1 amide bonds. The molecule has 0 fully saturated rings. The van der Waals surface area contributed by atoms with Gasteiger partial charge in [-0.1, -0.05) is 23.7 Å². The van der Waals surface area contributed by atoms with Crippen LogP contribution in [0.5, 0.6) is 11.5 Å². The van der Waals surface area contributed by atoms with Gasteiger partial charge in [-0.25, -0.2) is 9.48 Å². The Morgan fingerprint density at radius 3 is 2.87 bits per heavy atom. The van der Waals surface area contributed by atoms with Gasteiger partial charge in [-0.3, -0.25) is 4.79 Å². The minimum atomic E-state index is -0.596. The number of aromatic nitrogens is 4. The molecule has 0 unspecified atom stereocenters. The number of anilines is 1. The maximum Gasteiger partial charge on any atom is 0.340 e. The summed E-state index contributed by atoms with van der Waals surface area (Å²) in [7, 11) is 0. The van der Waals surface area contributed by atoms with Crippen molar-refractivity contribution in [3.05, 3.63) is 58.9 Å². The zero-order valence-corrected chi connectivity index (χ0v) is 17.0. The van der Waals surface area contributed by atoms with E-state index < -0.39 is 5.97 Å². The fraction of sp³-hybridized carbons (Fsp3) is 0.250. The van der Waals surface area contributed by atoms with Gasteiger partial charge in [0.15, 0.2) is 11.5 Å². The lowest BCUT2D eigenvalue weighted by molar-refractivity contribution is -0.116. The van der Waals surface area contributed by atoms with Crippen LogP contribution in [0.1, 0.15) is 22.3 Å². The minimum Gasteiger partial charge on any atom is -0.489 e. The highest BCUT2D eigenvalue weighted by atomic mass is 35.5. The Kier molecular flexibility index (Phi) is 6.27. The summed E-state index contributed by atoms with van der Waals surface area (Å²) < 4.78 is 18.0. The predicted molar refractivity (Wildman–Crippen MR) is 109 cm³/mol. The zero-order valence-electron chi connectivity index (χ0n) is 16.3. The number of esters is 1. The van der Waals surface area contributed by atoms with E-state index in [2.05, 4.69) is 20.8 Å². The lowest BCUT2D eigenvalue weighted by Gasteiger charge is -2.13. The zero-order chi connectivity index (χ0) is 21.6. The third kappa shape index (κ3) is 5.10. The molecule has 4 rings (SSSR count). The van der Waals surface area contributed by atoms with E-state index in [1.807, 2.05) is 0 Å². The molecule has 0 saturated carbocycles. The first-order valence-electron chi connectivity index (χ1n) is 9.45. The van der Waals surface area contributed by atoms with Gasteiger partial charge in [0.05, 0.1) is 29.5 Å². The third-order valence-corrected chi connectivity index (χ3v) is 4.63. The van der Waals surface area contributed by atoms with Gasteiger partial charge < -0.3 is 19.5 Å². The number of tetrazole rings is 1. The number of rotatable bonds is 6. The van der Waals surface area contributed by atoms with E-state index in [-0.39, 0.29) is 24.6 Å². The van der Waals surface area contributed by atoms with Crippen molar-refractivity contribution in [2.24, 2.45) is 0 Å². The van der Waals surface area contributed by atoms with Crippen molar-refractivity contribution in [1.82, 2.24) is 20.2 Å². The Hall–Kier alpha value is -3.66. The predicted octanol–water partition coefficient (Wildman–Crippen LogP) is 2.48. The monoisotopic (exact) mass is 443 g/mol. The number of nitrogens with one attached hydrogen (secondary N) is 1. The number of hydrogen-bond donors (Lipinski definition) is 1. The first kappa shape index (κ1) is 20.6. The van der Waals surface area contributed by atoms with Crippen LogP contribution in [0.2, 0.25) is 5.02 Å². The number of ether oxygens (including phenoxy) is 3. The minimum absolute atomic E-state index is 0.0257. The molecule has 0 bridgehead atoms. The van der Waals surface area contributed by atoms with Crippen molar-refractivity contribution in [2.45, 2.75) is 19.6 Å². The largest absolute Gasteiger partial charge is 0.489 e. The molecule has 1 aromatic heterocycles. The van der Waals surface area contributed by atoms with Gasteiger partial charge in [-0.05, 0) is 40.3 Å². The van der Waals surface area contributed by atoms with Crippen molar-refractivity contribution in [3.8, 4) is 11.5 Å². The van der Waals surface area contributed by atoms with Crippen LogP contribution in [0.15, 0.2) is 42.7 Å². The Morgan fingerprint density at radius 2 is 2.03 bits per heavy atom. The molecule has 1 aliphatic heterocycles. The Balaban J connectivity index is 1.43. The van der Waals surface area contributed by atoms with Crippen LogP contribution in [0.4, 0.5) is 5.69 Å². The maximum absolute atomic E-state index is 12.7. The summed E-state index contributed by atoms with van der Waals surface area (Å²) >= 11 is 6.28. The molecule has 11 heteroatoms. The molecule has 0 spiro atoms. The summed E-state index contributed by atoms with van der Waals surface area (Å²) in [6, 6.07) is 9.96. The molecule has 3 aromatic rings. The van der Waals surface area contributed by atoms with Gasteiger partial charge in [0.1, 0.15) is 19.5 Å². The molecule has 160 valence electrons.